The molecule has 0 radical (unpaired) electrons. The molecule has 0 unspecified atom stereocenters. The molecule has 0 saturated carbocycles. The zero-order valence-corrected chi connectivity index (χ0v) is 8.75. The molecule has 0 atom stereocenters. The predicted molar refractivity (Wildman–Crippen MR) is 58.9 cm³/mol. The largest absolute Gasteiger partial charge is 0.392 e. The van der Waals surface area contributed by atoms with Crippen molar-refractivity contribution >= 4 is 16.6 Å². The van der Waals surface area contributed by atoms with Gasteiger partial charge in [0.25, 0.3) is 0 Å². The van der Waals surface area contributed by atoms with Gasteiger partial charge in [-0.3, -0.25) is 0 Å². The maximum Gasteiger partial charge on any atom is 0.185 e. The first-order valence-corrected chi connectivity index (χ1v) is 5.01. The van der Waals surface area contributed by atoms with E-state index in [9.17, 15) is 5.11 Å². The van der Waals surface area contributed by atoms with E-state index in [-0.39, 0.29) is 6.61 Å². The Morgan fingerprint density at radius 3 is 3.06 bits per heavy atom. The van der Waals surface area contributed by atoms with Crippen molar-refractivity contribution in [1.29, 1.82) is 0 Å². The first-order valence-electron chi connectivity index (χ1n) is 5.01. The number of hydrogen-bond donors (Lipinski definition) is 1. The fourth-order valence-electron chi connectivity index (χ4n) is 1.99. The summed E-state index contributed by atoms with van der Waals surface area (Å²) in [7, 11) is 0. The van der Waals surface area contributed by atoms with Gasteiger partial charge in [-0.25, -0.2) is 0 Å². The van der Waals surface area contributed by atoms with E-state index in [0.29, 0.717) is 5.65 Å². The Bertz CT molecular complexity index is 674. The molecule has 1 aromatic carbocycles. The van der Waals surface area contributed by atoms with Crippen LogP contribution in [-0.4, -0.2) is 25.1 Å². The van der Waals surface area contributed by atoms with Crippen LogP contribution in [-0.2, 0) is 6.61 Å². The lowest BCUT2D eigenvalue weighted by Crippen LogP contribution is -1.98. The second kappa shape index (κ2) is 3.24. The molecule has 0 aliphatic heterocycles. The van der Waals surface area contributed by atoms with Crippen molar-refractivity contribution in [1.82, 2.24) is 20.0 Å². The second-order valence-corrected chi connectivity index (χ2v) is 3.75. The highest BCUT2D eigenvalue weighted by atomic mass is 16.3. The van der Waals surface area contributed by atoms with Crippen LogP contribution in [0.5, 0.6) is 0 Å². The molecule has 1 N–H and O–H groups in total. The minimum atomic E-state index is -0.0618. The summed E-state index contributed by atoms with van der Waals surface area (Å²) in [6, 6.07) is 7.91. The summed E-state index contributed by atoms with van der Waals surface area (Å²) in [6.45, 7) is 1.95. The smallest absolute Gasteiger partial charge is 0.185 e. The molecule has 0 fully saturated rings. The molecule has 0 bridgehead atoms. The zero-order valence-electron chi connectivity index (χ0n) is 8.75. The first-order chi connectivity index (χ1) is 7.81. The molecule has 2 aromatic heterocycles. The number of aryl methyl sites for hydroxylation is 1. The van der Waals surface area contributed by atoms with Gasteiger partial charge in [-0.15, -0.1) is 5.10 Å². The van der Waals surface area contributed by atoms with Crippen molar-refractivity contribution in [3.63, 3.8) is 0 Å². The maximum atomic E-state index is 9.27. The van der Waals surface area contributed by atoms with Gasteiger partial charge in [0.05, 0.1) is 12.1 Å². The van der Waals surface area contributed by atoms with Crippen LogP contribution in [0, 0.1) is 6.92 Å². The summed E-state index contributed by atoms with van der Waals surface area (Å²) in [5.41, 5.74) is 3.45. The average Bonchev–Trinajstić information content (AvgIpc) is 2.76. The molecule has 3 aromatic rings. The summed E-state index contributed by atoms with van der Waals surface area (Å²) in [5.74, 6) is 0. The number of nitrogens with zero attached hydrogens (tertiary/aromatic N) is 4. The molecular weight excluding hydrogens is 204 g/mol. The highest BCUT2D eigenvalue weighted by Gasteiger charge is 2.10. The Balaban J connectivity index is 2.60. The lowest BCUT2D eigenvalue weighted by Gasteiger charge is -2.06. The van der Waals surface area contributed by atoms with Gasteiger partial charge in [0.15, 0.2) is 5.65 Å². The van der Waals surface area contributed by atoms with Crippen molar-refractivity contribution in [3.05, 3.63) is 35.4 Å². The fourth-order valence-corrected chi connectivity index (χ4v) is 1.99. The summed E-state index contributed by atoms with van der Waals surface area (Å²) < 4.78 is 1.68. The van der Waals surface area contributed by atoms with Crippen molar-refractivity contribution < 1.29 is 5.11 Å². The monoisotopic (exact) mass is 214 g/mol. The van der Waals surface area contributed by atoms with Crippen molar-refractivity contribution in [2.75, 3.05) is 0 Å². The fraction of sp³-hybridized carbons (Fsp3) is 0.182. The molecule has 0 spiro atoms. The van der Waals surface area contributed by atoms with Crippen molar-refractivity contribution in [2.45, 2.75) is 13.5 Å². The van der Waals surface area contributed by atoms with Gasteiger partial charge in [-0.1, -0.05) is 18.2 Å². The van der Waals surface area contributed by atoms with Crippen LogP contribution in [0.4, 0.5) is 0 Å². The highest BCUT2D eigenvalue weighted by molar-refractivity contribution is 5.85. The molecule has 3 rings (SSSR count). The summed E-state index contributed by atoms with van der Waals surface area (Å²) in [6.07, 6.45) is 0. The molecule has 0 amide bonds. The summed E-state index contributed by atoms with van der Waals surface area (Å²) >= 11 is 0. The minimum absolute atomic E-state index is 0.0618. The topological polar surface area (TPSA) is 63.3 Å². The Labute approximate surface area is 91.3 Å². The van der Waals surface area contributed by atoms with Gasteiger partial charge in [-0.05, 0) is 29.0 Å². The molecule has 16 heavy (non-hydrogen) atoms. The zero-order chi connectivity index (χ0) is 11.1. The number of aliphatic hydroxyl groups excluding tert-OH is 1. The van der Waals surface area contributed by atoms with Crippen molar-refractivity contribution in [2.24, 2.45) is 0 Å². The molecule has 5 heteroatoms. The Hall–Kier alpha value is -2.01. The van der Waals surface area contributed by atoms with Crippen LogP contribution in [0.1, 0.15) is 11.1 Å². The van der Waals surface area contributed by atoms with E-state index in [1.54, 1.807) is 4.52 Å². The van der Waals surface area contributed by atoms with E-state index in [1.165, 1.54) is 0 Å². The predicted octanol–water partition coefficient (Wildman–Crippen LogP) is 1.08. The number of tetrazole rings is 1. The van der Waals surface area contributed by atoms with Crippen LogP contribution >= 0.6 is 0 Å². The number of hydrogen-bond acceptors (Lipinski definition) is 4. The molecule has 0 saturated heterocycles. The Morgan fingerprint density at radius 2 is 2.25 bits per heavy atom. The number of para-hydroxylation sites is 1. The lowest BCUT2D eigenvalue weighted by molar-refractivity contribution is 0.283. The normalized spacial score (nSPS) is 11.4. The molecular formula is C11H10N4O. The third-order valence-electron chi connectivity index (χ3n) is 2.74. The van der Waals surface area contributed by atoms with Crippen LogP contribution < -0.4 is 0 Å². The second-order valence-electron chi connectivity index (χ2n) is 3.75. The third kappa shape index (κ3) is 1.12. The summed E-state index contributed by atoms with van der Waals surface area (Å²) in [4.78, 5) is 0. The molecule has 2 heterocycles. The Kier molecular flexibility index (Phi) is 1.87. The molecule has 0 aliphatic rings. The van der Waals surface area contributed by atoms with Crippen LogP contribution in [0.3, 0.4) is 0 Å². The number of aliphatic hydroxyl groups is 1. The van der Waals surface area contributed by atoms with Gasteiger partial charge in [0.1, 0.15) is 0 Å². The number of rotatable bonds is 1. The van der Waals surface area contributed by atoms with E-state index in [4.69, 9.17) is 0 Å². The molecule has 5 nitrogen and oxygen atoms in total. The quantitative estimate of drug-likeness (QED) is 0.658. The minimum Gasteiger partial charge on any atom is -0.392 e. The van der Waals surface area contributed by atoms with Crippen molar-refractivity contribution in [3.8, 4) is 0 Å². The lowest BCUT2D eigenvalue weighted by atomic mass is 10.1. The van der Waals surface area contributed by atoms with Gasteiger partial charge in [-0.2, -0.15) is 4.52 Å². The molecule has 80 valence electrons. The van der Waals surface area contributed by atoms with Crippen LogP contribution in [0.15, 0.2) is 24.3 Å². The van der Waals surface area contributed by atoms with Gasteiger partial charge < -0.3 is 5.11 Å². The number of pyridine rings is 1. The van der Waals surface area contributed by atoms with E-state index in [2.05, 4.69) is 15.5 Å². The van der Waals surface area contributed by atoms with E-state index >= 15 is 0 Å². The van der Waals surface area contributed by atoms with E-state index in [1.807, 2.05) is 31.2 Å². The average molecular weight is 214 g/mol. The Morgan fingerprint density at radius 1 is 1.38 bits per heavy atom. The van der Waals surface area contributed by atoms with E-state index < -0.39 is 0 Å². The third-order valence-corrected chi connectivity index (χ3v) is 2.74. The summed E-state index contributed by atoms with van der Waals surface area (Å²) in [5, 5.41) is 21.8. The van der Waals surface area contributed by atoms with Crippen LogP contribution in [0.25, 0.3) is 16.6 Å². The number of aromatic nitrogens is 4. The first kappa shape index (κ1) is 9.23. The maximum absolute atomic E-state index is 9.27. The van der Waals surface area contributed by atoms with Gasteiger partial charge in [0.2, 0.25) is 0 Å². The molecule has 0 aliphatic carbocycles. The van der Waals surface area contributed by atoms with E-state index in [0.717, 1.165) is 22.0 Å². The highest BCUT2D eigenvalue weighted by Crippen LogP contribution is 2.21. The number of benzene rings is 1. The SMILES string of the molecule is Cc1cccc2cc(CO)c3nnnn3c12. The number of fused-ring (bicyclic) bond motifs is 3. The van der Waals surface area contributed by atoms with Crippen LogP contribution in [0.2, 0.25) is 0 Å². The van der Waals surface area contributed by atoms with Gasteiger partial charge in [0, 0.05) is 10.9 Å². The van der Waals surface area contributed by atoms with Gasteiger partial charge >= 0.3 is 0 Å². The standard InChI is InChI=1S/C11H10N4O/c1-7-3-2-4-8-5-9(6-16)11-12-13-14-15(11)10(7)8/h2-5,16H,6H2,1H3.